The molecule has 0 atom stereocenters. The molecule has 0 spiro atoms. The number of furan rings is 1. The van der Waals surface area contributed by atoms with Gasteiger partial charge >= 0.3 is 0 Å². The van der Waals surface area contributed by atoms with Gasteiger partial charge in [-0.25, -0.2) is 0 Å². The third-order valence-corrected chi connectivity index (χ3v) is 2.25. The Kier molecular flexibility index (Phi) is 2.11. The van der Waals surface area contributed by atoms with E-state index < -0.39 is 0 Å². The number of phenols is 1. The number of hydrogen-bond donors (Lipinski definition) is 1. The Bertz CT molecular complexity index is 525. The van der Waals surface area contributed by atoms with Crippen LogP contribution in [0.2, 0.25) is 0 Å². The molecule has 0 saturated carbocycles. The molecule has 0 radical (unpaired) electrons. The van der Waals surface area contributed by atoms with E-state index >= 15 is 0 Å². The fourth-order valence-corrected chi connectivity index (χ4v) is 1.58. The number of benzene rings is 1. The largest absolute Gasteiger partial charge is 0.507 e. The topological polar surface area (TPSA) is 59.7 Å². The lowest BCUT2D eigenvalue weighted by molar-refractivity contribution is 0.112. The van der Waals surface area contributed by atoms with Crippen molar-refractivity contribution >= 4 is 17.3 Å². The second-order valence-electron chi connectivity index (χ2n) is 3.23. The van der Waals surface area contributed by atoms with E-state index in [1.807, 2.05) is 0 Å². The average Bonchev–Trinajstić information content (AvgIpc) is 2.58. The SMILES string of the molecule is COc1cc(O)c(C=O)c2cc(C)oc12. The molecular formula is C11H10O4. The summed E-state index contributed by atoms with van der Waals surface area (Å²) in [5, 5.41) is 10.1. The molecule has 2 rings (SSSR count). The van der Waals surface area contributed by atoms with Crippen LogP contribution in [0.25, 0.3) is 11.0 Å². The van der Waals surface area contributed by atoms with Gasteiger partial charge in [-0.2, -0.15) is 0 Å². The molecule has 0 saturated heterocycles. The summed E-state index contributed by atoms with van der Waals surface area (Å²) in [6.07, 6.45) is 0.603. The standard InChI is InChI=1S/C11H10O4/c1-6-3-7-8(5-12)9(13)4-10(14-2)11(7)15-6/h3-5,13H,1-2H3. The lowest BCUT2D eigenvalue weighted by Crippen LogP contribution is -1.87. The number of aromatic hydroxyl groups is 1. The van der Waals surface area contributed by atoms with Gasteiger partial charge in [-0.15, -0.1) is 0 Å². The third kappa shape index (κ3) is 1.34. The fourth-order valence-electron chi connectivity index (χ4n) is 1.58. The van der Waals surface area contributed by atoms with Crippen LogP contribution in [-0.2, 0) is 0 Å². The Hall–Kier alpha value is -1.97. The molecule has 0 unspecified atom stereocenters. The molecule has 0 aliphatic heterocycles. The molecule has 0 fully saturated rings. The Morgan fingerprint density at radius 1 is 1.47 bits per heavy atom. The molecule has 0 aliphatic rings. The summed E-state index contributed by atoms with van der Waals surface area (Å²) in [5.74, 6) is 0.980. The van der Waals surface area contributed by atoms with Crippen molar-refractivity contribution in [2.45, 2.75) is 6.92 Å². The van der Waals surface area contributed by atoms with Gasteiger partial charge in [0.05, 0.1) is 12.7 Å². The molecule has 0 bridgehead atoms. The van der Waals surface area contributed by atoms with E-state index in [9.17, 15) is 9.90 Å². The number of aryl methyl sites for hydroxylation is 1. The summed E-state index contributed by atoms with van der Waals surface area (Å²) in [6, 6.07) is 3.07. The van der Waals surface area contributed by atoms with E-state index in [1.165, 1.54) is 13.2 Å². The molecule has 1 aromatic heterocycles. The fraction of sp³-hybridized carbons (Fsp3) is 0.182. The summed E-state index contributed by atoms with van der Waals surface area (Å²) < 4.78 is 10.4. The average molecular weight is 206 g/mol. The molecule has 2 aromatic rings. The molecule has 4 nitrogen and oxygen atoms in total. The second-order valence-corrected chi connectivity index (χ2v) is 3.23. The van der Waals surface area contributed by atoms with Crippen LogP contribution in [-0.4, -0.2) is 18.5 Å². The summed E-state index contributed by atoms with van der Waals surface area (Å²) in [7, 11) is 1.48. The van der Waals surface area contributed by atoms with Crippen molar-refractivity contribution < 1.29 is 19.1 Å². The van der Waals surface area contributed by atoms with Gasteiger partial charge in [0.25, 0.3) is 0 Å². The zero-order valence-electron chi connectivity index (χ0n) is 8.40. The number of rotatable bonds is 2. The predicted molar refractivity (Wildman–Crippen MR) is 54.6 cm³/mol. The van der Waals surface area contributed by atoms with Crippen molar-refractivity contribution in [3.63, 3.8) is 0 Å². The van der Waals surface area contributed by atoms with Crippen molar-refractivity contribution in [2.75, 3.05) is 7.11 Å². The number of hydrogen-bond acceptors (Lipinski definition) is 4. The number of ether oxygens (including phenoxy) is 1. The van der Waals surface area contributed by atoms with Crippen LogP contribution >= 0.6 is 0 Å². The van der Waals surface area contributed by atoms with E-state index in [0.717, 1.165) is 0 Å². The highest BCUT2D eigenvalue weighted by atomic mass is 16.5. The van der Waals surface area contributed by atoms with Crippen LogP contribution in [0.5, 0.6) is 11.5 Å². The Labute approximate surface area is 86.1 Å². The number of fused-ring (bicyclic) bond motifs is 1. The maximum Gasteiger partial charge on any atom is 0.177 e. The first kappa shape index (κ1) is 9.58. The van der Waals surface area contributed by atoms with Crippen molar-refractivity contribution in [1.82, 2.24) is 0 Å². The monoisotopic (exact) mass is 206 g/mol. The summed E-state index contributed by atoms with van der Waals surface area (Å²) >= 11 is 0. The lowest BCUT2D eigenvalue weighted by atomic mass is 10.1. The van der Waals surface area contributed by atoms with Crippen LogP contribution in [0.15, 0.2) is 16.5 Å². The van der Waals surface area contributed by atoms with E-state index in [1.54, 1.807) is 13.0 Å². The summed E-state index contributed by atoms with van der Waals surface area (Å²) in [6.45, 7) is 1.77. The number of carbonyl (C=O) groups excluding carboxylic acids is 1. The summed E-state index contributed by atoms with van der Waals surface area (Å²) in [4.78, 5) is 10.8. The second kappa shape index (κ2) is 3.31. The smallest absolute Gasteiger partial charge is 0.177 e. The van der Waals surface area contributed by atoms with E-state index in [0.29, 0.717) is 28.8 Å². The molecule has 1 aromatic carbocycles. The van der Waals surface area contributed by atoms with Gasteiger partial charge in [0.15, 0.2) is 17.6 Å². The maximum atomic E-state index is 10.8. The highest BCUT2D eigenvalue weighted by Gasteiger charge is 2.15. The van der Waals surface area contributed by atoms with Crippen molar-refractivity contribution in [3.05, 3.63) is 23.5 Å². The van der Waals surface area contributed by atoms with Gasteiger partial charge in [-0.1, -0.05) is 0 Å². The molecule has 78 valence electrons. The summed E-state index contributed by atoms with van der Waals surface area (Å²) in [5.41, 5.74) is 0.706. The van der Waals surface area contributed by atoms with Gasteiger partial charge in [-0.05, 0) is 13.0 Å². The molecule has 0 amide bonds. The van der Waals surface area contributed by atoms with Gasteiger partial charge in [0.2, 0.25) is 0 Å². The highest BCUT2D eigenvalue weighted by Crippen LogP contribution is 2.36. The normalized spacial score (nSPS) is 10.5. The number of methoxy groups -OCH3 is 1. The Morgan fingerprint density at radius 2 is 2.20 bits per heavy atom. The lowest BCUT2D eigenvalue weighted by Gasteiger charge is -2.03. The molecular weight excluding hydrogens is 196 g/mol. The highest BCUT2D eigenvalue weighted by molar-refractivity contribution is 6.01. The van der Waals surface area contributed by atoms with Crippen LogP contribution in [0.1, 0.15) is 16.1 Å². The first-order valence-corrected chi connectivity index (χ1v) is 4.42. The Balaban J connectivity index is 2.91. The molecule has 15 heavy (non-hydrogen) atoms. The number of carbonyl (C=O) groups is 1. The predicted octanol–water partition coefficient (Wildman–Crippen LogP) is 2.27. The van der Waals surface area contributed by atoms with Crippen LogP contribution in [0, 0.1) is 6.92 Å². The molecule has 1 N–H and O–H groups in total. The van der Waals surface area contributed by atoms with E-state index in [-0.39, 0.29) is 11.3 Å². The zero-order chi connectivity index (χ0) is 11.0. The first-order chi connectivity index (χ1) is 7.17. The molecule has 4 heteroatoms. The van der Waals surface area contributed by atoms with Crippen molar-refractivity contribution in [1.29, 1.82) is 0 Å². The number of aldehydes is 1. The molecule has 1 heterocycles. The van der Waals surface area contributed by atoms with Gasteiger partial charge in [0, 0.05) is 11.5 Å². The Morgan fingerprint density at radius 3 is 2.80 bits per heavy atom. The van der Waals surface area contributed by atoms with Crippen LogP contribution < -0.4 is 4.74 Å². The quantitative estimate of drug-likeness (QED) is 0.765. The minimum atomic E-state index is -0.102. The van der Waals surface area contributed by atoms with E-state index in [4.69, 9.17) is 9.15 Å². The van der Waals surface area contributed by atoms with Crippen LogP contribution in [0.4, 0.5) is 0 Å². The third-order valence-electron chi connectivity index (χ3n) is 2.25. The first-order valence-electron chi connectivity index (χ1n) is 4.42. The minimum absolute atomic E-state index is 0.102. The molecule has 0 aliphatic carbocycles. The van der Waals surface area contributed by atoms with Gasteiger partial charge < -0.3 is 14.3 Å². The zero-order valence-corrected chi connectivity index (χ0v) is 8.40. The maximum absolute atomic E-state index is 10.8. The van der Waals surface area contributed by atoms with Crippen LogP contribution in [0.3, 0.4) is 0 Å². The minimum Gasteiger partial charge on any atom is -0.507 e. The number of phenolic OH excluding ortho intramolecular Hbond substituents is 1. The van der Waals surface area contributed by atoms with Crippen molar-refractivity contribution in [2.24, 2.45) is 0 Å². The van der Waals surface area contributed by atoms with Gasteiger partial charge in [-0.3, -0.25) is 4.79 Å². The van der Waals surface area contributed by atoms with Crippen molar-refractivity contribution in [3.8, 4) is 11.5 Å². The van der Waals surface area contributed by atoms with E-state index in [2.05, 4.69) is 0 Å². The van der Waals surface area contributed by atoms with Gasteiger partial charge in [0.1, 0.15) is 11.5 Å².